The number of hydrogen-bond acceptors (Lipinski definition) is 3. The summed E-state index contributed by atoms with van der Waals surface area (Å²) in [4.78, 5) is 15.7. The predicted molar refractivity (Wildman–Crippen MR) is 129 cm³/mol. The Kier molecular flexibility index (Phi) is 7.97. The van der Waals surface area contributed by atoms with Gasteiger partial charge in [-0.25, -0.2) is 4.39 Å². The Hall–Kier alpha value is -2.89. The minimum Gasteiger partial charge on any atom is -0.492 e. The van der Waals surface area contributed by atoms with Crippen molar-refractivity contribution >= 4 is 17.5 Å². The quantitative estimate of drug-likeness (QED) is 0.478. The molecule has 0 unspecified atom stereocenters. The largest absolute Gasteiger partial charge is 0.492 e. The van der Waals surface area contributed by atoms with Crippen molar-refractivity contribution in [2.45, 2.75) is 18.9 Å². The molecule has 0 aliphatic carbocycles. The third-order valence-electron chi connectivity index (χ3n) is 6.00. The Balaban J connectivity index is 1.66. The van der Waals surface area contributed by atoms with Gasteiger partial charge in [-0.3, -0.25) is 4.79 Å². The first kappa shape index (κ1) is 23.3. The first-order chi connectivity index (χ1) is 16.1. The predicted octanol–water partition coefficient (Wildman–Crippen LogP) is 5.48. The Bertz CT molecular complexity index is 977. The van der Waals surface area contributed by atoms with Crippen molar-refractivity contribution in [3.63, 3.8) is 0 Å². The van der Waals surface area contributed by atoms with Crippen LogP contribution in [0.4, 0.5) is 4.39 Å². The van der Waals surface area contributed by atoms with Crippen LogP contribution in [0.15, 0.2) is 78.9 Å². The second kappa shape index (κ2) is 11.3. The normalized spacial score (nSPS) is 15.1. The molecule has 1 heterocycles. The van der Waals surface area contributed by atoms with Crippen molar-refractivity contribution in [1.82, 2.24) is 10.2 Å². The molecule has 3 aromatic rings. The summed E-state index contributed by atoms with van der Waals surface area (Å²) in [5.74, 6) is 0.490. The van der Waals surface area contributed by atoms with Crippen LogP contribution in [0.2, 0.25) is 5.02 Å². The monoisotopic (exact) mass is 466 g/mol. The smallest absolute Gasteiger partial charge is 0.226 e. The Morgan fingerprint density at radius 3 is 2.21 bits per heavy atom. The van der Waals surface area contributed by atoms with Gasteiger partial charge in [0.05, 0.1) is 12.6 Å². The molecule has 0 bridgehead atoms. The number of carbonyl (C=O) groups excluding carboxylic acids is 1. The van der Waals surface area contributed by atoms with Crippen LogP contribution in [0, 0.1) is 11.7 Å². The van der Waals surface area contributed by atoms with Crippen molar-refractivity contribution in [3.05, 3.63) is 101 Å². The molecule has 1 N–H and O–H groups in total. The summed E-state index contributed by atoms with van der Waals surface area (Å²) >= 11 is 6.14. The standard InChI is InChI=1S/C27H28ClFN2O2/c28-23-10-6-20(7-11-23)26(21-8-12-24(29)13-9-21)31(27(32)22-14-16-30-17-15-22)18-19-33-25-4-2-1-3-5-25/h1-13,22,26,30H,14-19H2/t26-/m1/s1. The highest BCUT2D eigenvalue weighted by atomic mass is 35.5. The van der Waals surface area contributed by atoms with E-state index in [0.717, 1.165) is 42.8 Å². The van der Waals surface area contributed by atoms with Crippen LogP contribution in [0.3, 0.4) is 0 Å². The number of benzene rings is 3. The fourth-order valence-electron chi connectivity index (χ4n) is 4.29. The van der Waals surface area contributed by atoms with Crippen LogP contribution in [0.5, 0.6) is 5.75 Å². The van der Waals surface area contributed by atoms with Gasteiger partial charge in [-0.1, -0.05) is 54.1 Å². The molecule has 6 heteroatoms. The lowest BCUT2D eigenvalue weighted by molar-refractivity contribution is -0.138. The summed E-state index contributed by atoms with van der Waals surface area (Å²) in [6.07, 6.45) is 1.59. The Morgan fingerprint density at radius 2 is 1.58 bits per heavy atom. The highest BCUT2D eigenvalue weighted by Gasteiger charge is 2.32. The zero-order valence-electron chi connectivity index (χ0n) is 18.4. The molecule has 172 valence electrons. The maximum atomic E-state index is 13.8. The average Bonchev–Trinajstić information content (AvgIpc) is 2.86. The highest BCUT2D eigenvalue weighted by Crippen LogP contribution is 2.32. The van der Waals surface area contributed by atoms with Crippen molar-refractivity contribution in [2.75, 3.05) is 26.2 Å². The van der Waals surface area contributed by atoms with E-state index in [1.165, 1.54) is 12.1 Å². The van der Waals surface area contributed by atoms with Gasteiger partial charge < -0.3 is 15.0 Å². The van der Waals surface area contributed by atoms with E-state index in [2.05, 4.69) is 5.32 Å². The van der Waals surface area contributed by atoms with E-state index in [1.807, 2.05) is 59.5 Å². The molecule has 3 aromatic carbocycles. The molecule has 33 heavy (non-hydrogen) atoms. The number of para-hydroxylation sites is 1. The van der Waals surface area contributed by atoms with E-state index < -0.39 is 0 Å². The lowest BCUT2D eigenvalue weighted by atomic mass is 9.92. The molecular formula is C27H28ClFN2O2. The number of nitrogens with zero attached hydrogens (tertiary/aromatic N) is 1. The number of amides is 1. The number of piperidine rings is 1. The molecule has 1 aliphatic rings. The fraction of sp³-hybridized carbons (Fsp3) is 0.296. The zero-order valence-corrected chi connectivity index (χ0v) is 19.2. The van der Waals surface area contributed by atoms with E-state index in [9.17, 15) is 9.18 Å². The van der Waals surface area contributed by atoms with E-state index in [1.54, 1.807) is 12.1 Å². The molecule has 4 rings (SSSR count). The van der Waals surface area contributed by atoms with Crippen LogP contribution in [0.25, 0.3) is 0 Å². The third-order valence-corrected chi connectivity index (χ3v) is 6.25. The van der Waals surface area contributed by atoms with Gasteiger partial charge >= 0.3 is 0 Å². The van der Waals surface area contributed by atoms with Crippen LogP contribution < -0.4 is 10.1 Å². The molecule has 1 fully saturated rings. The summed E-state index contributed by atoms with van der Waals surface area (Å²) in [6, 6.07) is 23.1. The van der Waals surface area contributed by atoms with Gasteiger partial charge in [-0.15, -0.1) is 0 Å². The topological polar surface area (TPSA) is 41.6 Å². The molecule has 1 atom stereocenters. The lowest BCUT2D eigenvalue weighted by Gasteiger charge is -2.36. The molecule has 1 amide bonds. The molecule has 4 nitrogen and oxygen atoms in total. The Morgan fingerprint density at radius 1 is 0.970 bits per heavy atom. The van der Waals surface area contributed by atoms with Gasteiger partial charge in [0.2, 0.25) is 5.91 Å². The summed E-state index contributed by atoms with van der Waals surface area (Å²) < 4.78 is 19.7. The van der Waals surface area contributed by atoms with E-state index in [0.29, 0.717) is 18.2 Å². The van der Waals surface area contributed by atoms with Gasteiger partial charge in [0.25, 0.3) is 0 Å². The van der Waals surface area contributed by atoms with Crippen LogP contribution in [-0.4, -0.2) is 37.0 Å². The maximum absolute atomic E-state index is 13.8. The molecule has 0 spiro atoms. The fourth-order valence-corrected chi connectivity index (χ4v) is 4.42. The van der Waals surface area contributed by atoms with Gasteiger partial charge in [-0.2, -0.15) is 0 Å². The number of ether oxygens (including phenoxy) is 1. The molecule has 0 saturated carbocycles. The molecule has 0 aromatic heterocycles. The zero-order chi connectivity index (χ0) is 23.0. The first-order valence-electron chi connectivity index (χ1n) is 11.3. The average molecular weight is 467 g/mol. The number of rotatable bonds is 8. The summed E-state index contributed by atoms with van der Waals surface area (Å²) in [5.41, 5.74) is 1.77. The van der Waals surface area contributed by atoms with Gasteiger partial charge in [0.1, 0.15) is 18.2 Å². The minimum absolute atomic E-state index is 0.0572. The van der Waals surface area contributed by atoms with Crippen molar-refractivity contribution in [2.24, 2.45) is 5.92 Å². The first-order valence-corrected chi connectivity index (χ1v) is 11.7. The minimum atomic E-state index is -0.371. The van der Waals surface area contributed by atoms with E-state index in [-0.39, 0.29) is 23.7 Å². The molecule has 1 aliphatic heterocycles. The molecular weight excluding hydrogens is 439 g/mol. The number of halogens is 2. The Labute approximate surface area is 199 Å². The summed E-state index contributed by atoms with van der Waals surface area (Å²) in [7, 11) is 0. The van der Waals surface area contributed by atoms with Crippen molar-refractivity contribution < 1.29 is 13.9 Å². The van der Waals surface area contributed by atoms with Gasteiger partial charge in [0.15, 0.2) is 0 Å². The number of carbonyl (C=O) groups is 1. The SMILES string of the molecule is O=C(C1CCNCC1)N(CCOc1ccccc1)[C@@H](c1ccc(F)cc1)c1ccc(Cl)cc1. The van der Waals surface area contributed by atoms with Crippen LogP contribution >= 0.6 is 11.6 Å². The molecule has 0 radical (unpaired) electrons. The third kappa shape index (κ3) is 6.12. The van der Waals surface area contributed by atoms with E-state index >= 15 is 0 Å². The highest BCUT2D eigenvalue weighted by molar-refractivity contribution is 6.30. The van der Waals surface area contributed by atoms with Gasteiger partial charge in [0, 0.05) is 10.9 Å². The molecule has 1 saturated heterocycles. The number of nitrogens with one attached hydrogen (secondary N) is 1. The van der Waals surface area contributed by atoms with Gasteiger partial charge in [-0.05, 0) is 73.5 Å². The summed E-state index contributed by atoms with van der Waals surface area (Å²) in [6.45, 7) is 2.41. The summed E-state index contributed by atoms with van der Waals surface area (Å²) in [5, 5.41) is 3.95. The lowest BCUT2D eigenvalue weighted by Crippen LogP contribution is -2.44. The second-order valence-electron chi connectivity index (χ2n) is 8.22. The maximum Gasteiger partial charge on any atom is 0.226 e. The van der Waals surface area contributed by atoms with Crippen molar-refractivity contribution in [3.8, 4) is 5.75 Å². The van der Waals surface area contributed by atoms with Crippen LogP contribution in [0.1, 0.15) is 30.0 Å². The van der Waals surface area contributed by atoms with Crippen LogP contribution in [-0.2, 0) is 4.79 Å². The number of hydrogen-bond donors (Lipinski definition) is 1. The van der Waals surface area contributed by atoms with E-state index in [4.69, 9.17) is 16.3 Å². The van der Waals surface area contributed by atoms with Crippen molar-refractivity contribution in [1.29, 1.82) is 0 Å². The second-order valence-corrected chi connectivity index (χ2v) is 8.66.